The van der Waals surface area contributed by atoms with Gasteiger partial charge in [-0.3, -0.25) is 4.98 Å². The van der Waals surface area contributed by atoms with Gasteiger partial charge in [-0.25, -0.2) is 4.68 Å². The summed E-state index contributed by atoms with van der Waals surface area (Å²) in [6.45, 7) is 0.250. The number of hydrogen-bond donors (Lipinski definition) is 0. The first-order valence-electron chi connectivity index (χ1n) is 8.35. The van der Waals surface area contributed by atoms with E-state index in [1.807, 2.05) is 59.3 Å². The zero-order chi connectivity index (χ0) is 17.3. The van der Waals surface area contributed by atoms with Gasteiger partial charge in [0.25, 0.3) is 0 Å². The summed E-state index contributed by atoms with van der Waals surface area (Å²) in [5.74, 6) is 1.48. The van der Waals surface area contributed by atoms with E-state index < -0.39 is 0 Å². The molecular formula is C21H15N3O2. The van der Waals surface area contributed by atoms with E-state index in [9.17, 15) is 0 Å². The van der Waals surface area contributed by atoms with Crippen LogP contribution in [-0.4, -0.2) is 21.6 Å². The molecule has 0 saturated carbocycles. The van der Waals surface area contributed by atoms with Crippen LogP contribution in [0.4, 0.5) is 0 Å². The average molecular weight is 341 g/mol. The van der Waals surface area contributed by atoms with Crippen molar-refractivity contribution < 1.29 is 9.47 Å². The van der Waals surface area contributed by atoms with Gasteiger partial charge in [0.05, 0.1) is 22.8 Å². The molecule has 2 aromatic heterocycles. The second-order valence-electron chi connectivity index (χ2n) is 5.95. The Morgan fingerprint density at radius 3 is 2.46 bits per heavy atom. The van der Waals surface area contributed by atoms with E-state index in [0.717, 1.165) is 39.8 Å². The summed E-state index contributed by atoms with van der Waals surface area (Å²) in [7, 11) is 0. The zero-order valence-corrected chi connectivity index (χ0v) is 13.9. The summed E-state index contributed by atoms with van der Waals surface area (Å²) in [5.41, 5.74) is 4.63. The highest BCUT2D eigenvalue weighted by molar-refractivity contribution is 5.69. The van der Waals surface area contributed by atoms with Gasteiger partial charge in [0, 0.05) is 17.8 Å². The molecule has 2 aromatic carbocycles. The first-order valence-corrected chi connectivity index (χ1v) is 8.35. The first-order chi connectivity index (χ1) is 12.9. The van der Waals surface area contributed by atoms with Gasteiger partial charge in [0.15, 0.2) is 11.5 Å². The molecule has 5 rings (SSSR count). The number of rotatable bonds is 3. The molecule has 0 saturated heterocycles. The van der Waals surface area contributed by atoms with Crippen LogP contribution in [-0.2, 0) is 0 Å². The second kappa shape index (κ2) is 6.04. The fourth-order valence-corrected chi connectivity index (χ4v) is 3.04. The van der Waals surface area contributed by atoms with E-state index >= 15 is 0 Å². The number of pyridine rings is 1. The summed E-state index contributed by atoms with van der Waals surface area (Å²) in [6, 6.07) is 23.9. The quantitative estimate of drug-likeness (QED) is 0.556. The molecule has 3 heterocycles. The Balaban J connectivity index is 1.69. The molecule has 26 heavy (non-hydrogen) atoms. The Bertz CT molecular complexity index is 1060. The average Bonchev–Trinajstić information content (AvgIpc) is 3.36. The van der Waals surface area contributed by atoms with Crippen molar-refractivity contribution in [2.45, 2.75) is 0 Å². The number of aromatic nitrogens is 3. The van der Waals surface area contributed by atoms with Gasteiger partial charge in [-0.05, 0) is 30.3 Å². The van der Waals surface area contributed by atoms with Crippen molar-refractivity contribution in [2.24, 2.45) is 0 Å². The highest BCUT2D eigenvalue weighted by atomic mass is 16.7. The van der Waals surface area contributed by atoms with Crippen molar-refractivity contribution in [1.29, 1.82) is 0 Å². The fourth-order valence-electron chi connectivity index (χ4n) is 3.04. The van der Waals surface area contributed by atoms with Crippen LogP contribution in [0.1, 0.15) is 0 Å². The van der Waals surface area contributed by atoms with Gasteiger partial charge >= 0.3 is 0 Å². The predicted octanol–water partition coefficient (Wildman–Crippen LogP) is 4.33. The molecule has 0 unspecified atom stereocenters. The van der Waals surface area contributed by atoms with E-state index in [-0.39, 0.29) is 6.79 Å². The van der Waals surface area contributed by atoms with Crippen molar-refractivity contribution in [3.05, 3.63) is 79.0 Å². The molecule has 0 fully saturated rings. The van der Waals surface area contributed by atoms with E-state index in [1.165, 1.54) is 0 Å². The lowest BCUT2D eigenvalue weighted by molar-refractivity contribution is 0.174. The standard InChI is InChI=1S/C21H15N3O2/c1-2-6-15(7-3-1)18-13-19(17-8-4-5-11-22-17)24(23-18)16-9-10-20-21(12-16)26-14-25-20/h1-13H,14H2. The van der Waals surface area contributed by atoms with E-state index in [2.05, 4.69) is 23.2 Å². The highest BCUT2D eigenvalue weighted by Gasteiger charge is 2.18. The summed E-state index contributed by atoms with van der Waals surface area (Å²) in [6.07, 6.45) is 1.79. The number of ether oxygens (including phenoxy) is 2. The molecule has 5 nitrogen and oxygen atoms in total. The minimum atomic E-state index is 0.250. The Kier molecular flexibility index (Phi) is 3.42. The van der Waals surface area contributed by atoms with Crippen LogP contribution >= 0.6 is 0 Å². The lowest BCUT2D eigenvalue weighted by atomic mass is 10.1. The summed E-state index contributed by atoms with van der Waals surface area (Å²) in [4.78, 5) is 4.50. The van der Waals surface area contributed by atoms with E-state index in [0.29, 0.717) is 0 Å². The molecule has 0 amide bonds. The van der Waals surface area contributed by atoms with Gasteiger partial charge < -0.3 is 9.47 Å². The third-order valence-electron chi connectivity index (χ3n) is 4.31. The third kappa shape index (κ3) is 2.50. The zero-order valence-electron chi connectivity index (χ0n) is 13.9. The molecule has 1 aliphatic heterocycles. The van der Waals surface area contributed by atoms with Gasteiger partial charge in [0.1, 0.15) is 0 Å². The summed E-state index contributed by atoms with van der Waals surface area (Å²) >= 11 is 0. The minimum absolute atomic E-state index is 0.250. The van der Waals surface area contributed by atoms with Crippen molar-refractivity contribution in [3.8, 4) is 39.8 Å². The fraction of sp³-hybridized carbons (Fsp3) is 0.0476. The predicted molar refractivity (Wildman–Crippen MR) is 98.4 cm³/mol. The molecule has 126 valence electrons. The second-order valence-corrected chi connectivity index (χ2v) is 5.95. The van der Waals surface area contributed by atoms with Crippen LogP contribution < -0.4 is 9.47 Å². The molecule has 0 atom stereocenters. The Labute approximate surface area is 150 Å². The first kappa shape index (κ1) is 14.7. The van der Waals surface area contributed by atoms with Gasteiger partial charge in [0.2, 0.25) is 6.79 Å². The highest BCUT2D eigenvalue weighted by Crippen LogP contribution is 2.35. The minimum Gasteiger partial charge on any atom is -0.454 e. The molecule has 0 radical (unpaired) electrons. The number of nitrogens with zero attached hydrogens (tertiary/aromatic N) is 3. The Morgan fingerprint density at radius 2 is 1.62 bits per heavy atom. The molecule has 0 aliphatic carbocycles. The molecular weight excluding hydrogens is 326 g/mol. The van der Waals surface area contributed by atoms with Crippen molar-refractivity contribution >= 4 is 0 Å². The number of fused-ring (bicyclic) bond motifs is 1. The summed E-state index contributed by atoms with van der Waals surface area (Å²) in [5, 5.41) is 4.83. The van der Waals surface area contributed by atoms with E-state index in [1.54, 1.807) is 6.20 Å². The Morgan fingerprint density at radius 1 is 0.769 bits per heavy atom. The van der Waals surface area contributed by atoms with Crippen LogP contribution in [0, 0.1) is 0 Å². The maximum Gasteiger partial charge on any atom is 0.231 e. The molecule has 0 spiro atoms. The lowest BCUT2D eigenvalue weighted by Gasteiger charge is -2.07. The van der Waals surface area contributed by atoms with Crippen LogP contribution in [0.2, 0.25) is 0 Å². The summed E-state index contributed by atoms with van der Waals surface area (Å²) < 4.78 is 12.8. The van der Waals surface area contributed by atoms with Crippen LogP contribution in [0.5, 0.6) is 11.5 Å². The molecule has 0 bridgehead atoms. The maximum atomic E-state index is 5.52. The molecule has 5 heteroatoms. The topological polar surface area (TPSA) is 49.2 Å². The maximum absolute atomic E-state index is 5.52. The van der Waals surface area contributed by atoms with E-state index in [4.69, 9.17) is 14.6 Å². The number of benzene rings is 2. The van der Waals surface area contributed by atoms with Gasteiger partial charge in [-0.1, -0.05) is 36.4 Å². The SMILES string of the molecule is c1ccc(-c2cc(-c3ccccn3)n(-c3ccc4c(c3)OCO4)n2)cc1. The van der Waals surface area contributed by atoms with Crippen LogP contribution in [0.15, 0.2) is 79.0 Å². The van der Waals surface area contributed by atoms with Crippen LogP contribution in [0.3, 0.4) is 0 Å². The van der Waals surface area contributed by atoms with Crippen LogP contribution in [0.25, 0.3) is 28.3 Å². The number of hydrogen-bond acceptors (Lipinski definition) is 4. The largest absolute Gasteiger partial charge is 0.454 e. The van der Waals surface area contributed by atoms with Gasteiger partial charge in [-0.2, -0.15) is 5.10 Å². The third-order valence-corrected chi connectivity index (χ3v) is 4.31. The van der Waals surface area contributed by atoms with Crippen molar-refractivity contribution in [3.63, 3.8) is 0 Å². The molecule has 1 aliphatic rings. The lowest BCUT2D eigenvalue weighted by Crippen LogP contribution is -2.00. The normalized spacial score (nSPS) is 12.3. The monoisotopic (exact) mass is 341 g/mol. The van der Waals surface area contributed by atoms with Gasteiger partial charge in [-0.15, -0.1) is 0 Å². The van der Waals surface area contributed by atoms with Crippen molar-refractivity contribution in [2.75, 3.05) is 6.79 Å². The smallest absolute Gasteiger partial charge is 0.231 e. The Hall–Kier alpha value is -3.60. The molecule has 0 N–H and O–H groups in total. The molecule has 4 aromatic rings. The van der Waals surface area contributed by atoms with Crippen molar-refractivity contribution in [1.82, 2.24) is 14.8 Å².